The van der Waals surface area contributed by atoms with Crippen molar-refractivity contribution in [1.82, 2.24) is 5.32 Å². The lowest BCUT2D eigenvalue weighted by Gasteiger charge is -2.20. The first kappa shape index (κ1) is 8.62. The van der Waals surface area contributed by atoms with Gasteiger partial charge in [0.1, 0.15) is 0 Å². The lowest BCUT2D eigenvalue weighted by Crippen LogP contribution is -2.32. The van der Waals surface area contributed by atoms with Gasteiger partial charge in [0.15, 0.2) is 0 Å². The van der Waals surface area contributed by atoms with Gasteiger partial charge >= 0.3 is 0 Å². The molecule has 1 rings (SSSR count). The van der Waals surface area contributed by atoms with Gasteiger partial charge in [-0.15, -0.1) is 12.3 Å². The summed E-state index contributed by atoms with van der Waals surface area (Å²) in [6, 6.07) is 0.535. The first-order chi connectivity index (χ1) is 5.29. The Bertz CT molecular complexity index is 153. The number of rotatable bonds is 4. The highest BCUT2D eigenvalue weighted by Crippen LogP contribution is 2.38. The van der Waals surface area contributed by atoms with Crippen LogP contribution >= 0.6 is 0 Å². The third-order valence-corrected chi connectivity index (χ3v) is 2.71. The van der Waals surface area contributed by atoms with E-state index in [4.69, 9.17) is 6.42 Å². The number of hydrogen-bond acceptors (Lipinski definition) is 1. The highest BCUT2D eigenvalue weighted by Gasteiger charge is 2.31. The van der Waals surface area contributed by atoms with E-state index in [9.17, 15) is 0 Å². The van der Waals surface area contributed by atoms with Crippen molar-refractivity contribution >= 4 is 0 Å². The normalized spacial score (nSPS) is 22.3. The molecule has 1 saturated carbocycles. The number of hydrogen-bond donors (Lipinski definition) is 1. The van der Waals surface area contributed by atoms with Crippen molar-refractivity contribution in [3.05, 3.63) is 0 Å². The van der Waals surface area contributed by atoms with Crippen LogP contribution in [0.2, 0.25) is 0 Å². The average molecular weight is 151 g/mol. The minimum atomic E-state index is 0.535. The topological polar surface area (TPSA) is 12.0 Å². The molecule has 1 fully saturated rings. The molecule has 0 bridgehead atoms. The van der Waals surface area contributed by atoms with Crippen molar-refractivity contribution in [3.63, 3.8) is 0 Å². The van der Waals surface area contributed by atoms with Crippen LogP contribution in [0.4, 0.5) is 0 Å². The van der Waals surface area contributed by atoms with Gasteiger partial charge in [0.25, 0.3) is 0 Å². The van der Waals surface area contributed by atoms with Crippen molar-refractivity contribution < 1.29 is 0 Å². The van der Waals surface area contributed by atoms with Gasteiger partial charge in [0.2, 0.25) is 0 Å². The van der Waals surface area contributed by atoms with E-state index in [1.54, 1.807) is 0 Å². The summed E-state index contributed by atoms with van der Waals surface area (Å²) >= 11 is 0. The zero-order valence-corrected chi connectivity index (χ0v) is 7.43. The molecular weight excluding hydrogens is 134 g/mol. The molecule has 0 heterocycles. The fraction of sp³-hybridized carbons (Fsp3) is 0.800. The summed E-state index contributed by atoms with van der Waals surface area (Å²) in [4.78, 5) is 0. The second-order valence-corrected chi connectivity index (χ2v) is 3.50. The quantitative estimate of drug-likeness (QED) is 0.602. The fourth-order valence-corrected chi connectivity index (χ4v) is 1.63. The Hall–Kier alpha value is -0.480. The maximum absolute atomic E-state index is 5.27. The van der Waals surface area contributed by atoms with Crippen molar-refractivity contribution in [2.75, 3.05) is 7.05 Å². The standard InChI is InChI=1S/C10H17N/c1-4-5-10(11-3)8(2)9-6-7-9/h1,8-11H,5-7H2,2-3H3. The van der Waals surface area contributed by atoms with Gasteiger partial charge in [0.05, 0.1) is 0 Å². The summed E-state index contributed by atoms with van der Waals surface area (Å²) in [5.74, 6) is 4.43. The van der Waals surface area contributed by atoms with Crippen LogP contribution in [0.1, 0.15) is 26.2 Å². The van der Waals surface area contributed by atoms with Gasteiger partial charge in [-0.3, -0.25) is 0 Å². The van der Waals surface area contributed by atoms with Gasteiger partial charge < -0.3 is 5.32 Å². The molecular formula is C10H17N. The third-order valence-electron chi connectivity index (χ3n) is 2.71. The van der Waals surface area contributed by atoms with E-state index in [-0.39, 0.29) is 0 Å². The molecule has 0 spiro atoms. The molecule has 1 aliphatic carbocycles. The molecule has 2 atom stereocenters. The van der Waals surface area contributed by atoms with Crippen LogP contribution in [0.25, 0.3) is 0 Å². The predicted molar refractivity (Wildman–Crippen MR) is 48.2 cm³/mol. The molecule has 0 amide bonds. The van der Waals surface area contributed by atoms with E-state index in [1.807, 2.05) is 7.05 Å². The second kappa shape index (κ2) is 3.78. The summed E-state index contributed by atoms with van der Waals surface area (Å²) in [7, 11) is 2.00. The molecule has 2 unspecified atom stereocenters. The van der Waals surface area contributed by atoms with Gasteiger partial charge in [-0.2, -0.15) is 0 Å². The van der Waals surface area contributed by atoms with Gasteiger partial charge in [-0.05, 0) is 31.7 Å². The maximum atomic E-state index is 5.27. The van der Waals surface area contributed by atoms with Crippen molar-refractivity contribution in [2.45, 2.75) is 32.2 Å². The van der Waals surface area contributed by atoms with Crippen LogP contribution < -0.4 is 5.32 Å². The molecule has 0 aromatic heterocycles. The SMILES string of the molecule is C#CCC(NC)C(C)C1CC1. The van der Waals surface area contributed by atoms with Gasteiger partial charge in [-0.1, -0.05) is 6.92 Å². The zero-order chi connectivity index (χ0) is 8.27. The molecule has 0 radical (unpaired) electrons. The maximum Gasteiger partial charge on any atom is 0.0243 e. The van der Waals surface area contributed by atoms with E-state index in [2.05, 4.69) is 18.2 Å². The summed E-state index contributed by atoms with van der Waals surface area (Å²) in [5, 5.41) is 3.28. The molecule has 0 aromatic carbocycles. The Kier molecular flexibility index (Phi) is 2.96. The first-order valence-electron chi connectivity index (χ1n) is 4.40. The second-order valence-electron chi connectivity index (χ2n) is 3.50. The Morgan fingerprint density at radius 2 is 2.27 bits per heavy atom. The van der Waals surface area contributed by atoms with Crippen LogP contribution in [0.15, 0.2) is 0 Å². The largest absolute Gasteiger partial charge is 0.316 e. The van der Waals surface area contributed by atoms with Crippen LogP contribution in [-0.4, -0.2) is 13.1 Å². The minimum absolute atomic E-state index is 0.535. The summed E-state index contributed by atoms with van der Waals surface area (Å²) in [6.07, 6.45) is 8.96. The van der Waals surface area contributed by atoms with Gasteiger partial charge in [0, 0.05) is 12.5 Å². The predicted octanol–water partition coefficient (Wildman–Crippen LogP) is 1.64. The Morgan fingerprint density at radius 3 is 2.64 bits per heavy atom. The molecule has 11 heavy (non-hydrogen) atoms. The monoisotopic (exact) mass is 151 g/mol. The molecule has 1 N–H and O–H groups in total. The van der Waals surface area contributed by atoms with E-state index < -0.39 is 0 Å². The van der Waals surface area contributed by atoms with Crippen molar-refractivity contribution in [2.24, 2.45) is 11.8 Å². The molecule has 0 aromatic rings. The summed E-state index contributed by atoms with van der Waals surface area (Å²) in [5.41, 5.74) is 0. The van der Waals surface area contributed by atoms with E-state index in [1.165, 1.54) is 12.8 Å². The molecule has 1 heteroatoms. The lowest BCUT2D eigenvalue weighted by molar-refractivity contribution is 0.365. The van der Waals surface area contributed by atoms with Crippen molar-refractivity contribution in [1.29, 1.82) is 0 Å². The Morgan fingerprint density at radius 1 is 1.64 bits per heavy atom. The smallest absolute Gasteiger partial charge is 0.0243 e. The Balaban J connectivity index is 2.33. The molecule has 1 nitrogen and oxygen atoms in total. The zero-order valence-electron chi connectivity index (χ0n) is 7.43. The van der Waals surface area contributed by atoms with Crippen molar-refractivity contribution in [3.8, 4) is 12.3 Å². The van der Waals surface area contributed by atoms with Crippen LogP contribution in [0, 0.1) is 24.2 Å². The van der Waals surface area contributed by atoms with Crippen LogP contribution in [-0.2, 0) is 0 Å². The van der Waals surface area contributed by atoms with E-state index in [0.29, 0.717) is 6.04 Å². The number of nitrogens with one attached hydrogen (secondary N) is 1. The highest BCUT2D eigenvalue weighted by atomic mass is 14.9. The number of terminal acetylenes is 1. The van der Waals surface area contributed by atoms with Crippen LogP contribution in [0.5, 0.6) is 0 Å². The molecule has 62 valence electrons. The third kappa shape index (κ3) is 2.24. The average Bonchev–Trinajstić information content (AvgIpc) is 2.81. The van der Waals surface area contributed by atoms with Gasteiger partial charge in [-0.25, -0.2) is 0 Å². The molecule has 1 aliphatic rings. The minimum Gasteiger partial charge on any atom is -0.316 e. The Labute approximate surface area is 69.6 Å². The fourth-order valence-electron chi connectivity index (χ4n) is 1.63. The highest BCUT2D eigenvalue weighted by molar-refractivity contribution is 4.94. The molecule has 0 saturated heterocycles. The van der Waals surface area contributed by atoms with Crippen LogP contribution in [0.3, 0.4) is 0 Å². The summed E-state index contributed by atoms with van der Waals surface area (Å²) in [6.45, 7) is 2.30. The summed E-state index contributed by atoms with van der Waals surface area (Å²) < 4.78 is 0. The van der Waals surface area contributed by atoms with E-state index >= 15 is 0 Å². The first-order valence-corrected chi connectivity index (χ1v) is 4.40. The van der Waals surface area contributed by atoms with E-state index in [0.717, 1.165) is 18.3 Å². The lowest BCUT2D eigenvalue weighted by atomic mass is 9.94. The molecule has 0 aliphatic heterocycles.